The van der Waals surface area contributed by atoms with Crippen LogP contribution in [0.1, 0.15) is 30.0 Å². The molecule has 0 aliphatic carbocycles. The van der Waals surface area contributed by atoms with Gasteiger partial charge in [-0.2, -0.15) is 0 Å². The predicted molar refractivity (Wildman–Crippen MR) is 91.3 cm³/mol. The van der Waals surface area contributed by atoms with Crippen LogP contribution in [0.5, 0.6) is 0 Å². The van der Waals surface area contributed by atoms with E-state index in [4.69, 9.17) is 4.98 Å². The normalized spacial score (nSPS) is 11.3. The molecule has 1 heterocycles. The maximum Gasteiger partial charge on any atom is 0.124 e. The van der Waals surface area contributed by atoms with Crippen LogP contribution in [-0.4, -0.2) is 11.5 Å². The van der Waals surface area contributed by atoms with Gasteiger partial charge in [-0.1, -0.05) is 35.8 Å². The molecule has 0 fully saturated rings. The van der Waals surface area contributed by atoms with Gasteiger partial charge in [-0.25, -0.2) is 4.98 Å². The molecule has 0 saturated heterocycles. The topological polar surface area (TPSA) is 24.9 Å². The van der Waals surface area contributed by atoms with E-state index >= 15 is 0 Å². The van der Waals surface area contributed by atoms with Crippen molar-refractivity contribution in [3.8, 4) is 10.6 Å². The summed E-state index contributed by atoms with van der Waals surface area (Å²) in [5.41, 5.74) is 3.63. The summed E-state index contributed by atoms with van der Waals surface area (Å²) in [6.45, 7) is 10.6. The molecule has 0 saturated carbocycles. The first-order valence-electron chi connectivity index (χ1n) is 6.91. The highest BCUT2D eigenvalue weighted by molar-refractivity contribution is 9.10. The van der Waals surface area contributed by atoms with Crippen LogP contribution in [0.4, 0.5) is 0 Å². The van der Waals surface area contributed by atoms with Crippen molar-refractivity contribution in [1.29, 1.82) is 0 Å². The van der Waals surface area contributed by atoms with Gasteiger partial charge in [0.2, 0.25) is 0 Å². The maximum absolute atomic E-state index is 4.73. The first-order chi connectivity index (χ1) is 9.47. The second kappa shape index (κ2) is 6.83. The zero-order valence-corrected chi connectivity index (χ0v) is 14.9. The Morgan fingerprint density at radius 1 is 1.30 bits per heavy atom. The third-order valence-corrected chi connectivity index (χ3v) is 4.83. The molecule has 1 aromatic carbocycles. The number of nitrogens with one attached hydrogen (secondary N) is 1. The number of halogens is 1. The van der Waals surface area contributed by atoms with E-state index in [0.29, 0.717) is 5.92 Å². The van der Waals surface area contributed by atoms with Crippen LogP contribution in [0.3, 0.4) is 0 Å². The first-order valence-corrected chi connectivity index (χ1v) is 8.52. The summed E-state index contributed by atoms with van der Waals surface area (Å²) in [7, 11) is 0. The Kier molecular flexibility index (Phi) is 5.35. The highest BCUT2D eigenvalue weighted by Crippen LogP contribution is 2.31. The molecule has 2 aromatic rings. The van der Waals surface area contributed by atoms with E-state index in [9.17, 15) is 0 Å². The van der Waals surface area contributed by atoms with Crippen molar-refractivity contribution in [3.63, 3.8) is 0 Å². The van der Waals surface area contributed by atoms with E-state index < -0.39 is 0 Å². The Labute approximate surface area is 133 Å². The lowest BCUT2D eigenvalue weighted by Crippen LogP contribution is -2.18. The quantitative estimate of drug-likeness (QED) is 0.824. The molecule has 2 rings (SSSR count). The minimum atomic E-state index is 0.677. The lowest BCUT2D eigenvalue weighted by Gasteiger charge is -2.05. The number of benzene rings is 1. The van der Waals surface area contributed by atoms with Gasteiger partial charge in [0.25, 0.3) is 0 Å². The highest BCUT2D eigenvalue weighted by atomic mass is 79.9. The van der Waals surface area contributed by atoms with Crippen LogP contribution in [-0.2, 0) is 6.54 Å². The Hall–Kier alpha value is -0.710. The van der Waals surface area contributed by atoms with Crippen molar-refractivity contribution in [2.24, 2.45) is 5.92 Å². The van der Waals surface area contributed by atoms with Crippen LogP contribution in [0.25, 0.3) is 10.6 Å². The second-order valence-electron chi connectivity index (χ2n) is 5.51. The van der Waals surface area contributed by atoms with Crippen molar-refractivity contribution in [1.82, 2.24) is 10.3 Å². The fourth-order valence-corrected chi connectivity index (χ4v) is 3.65. The molecule has 0 amide bonds. The largest absolute Gasteiger partial charge is 0.312 e. The number of aromatic nitrogens is 1. The van der Waals surface area contributed by atoms with Crippen molar-refractivity contribution in [2.45, 2.75) is 34.2 Å². The van der Waals surface area contributed by atoms with Crippen molar-refractivity contribution in [3.05, 3.63) is 38.8 Å². The molecule has 0 aliphatic heterocycles. The fraction of sp³-hybridized carbons (Fsp3) is 0.438. The van der Waals surface area contributed by atoms with E-state index in [0.717, 1.165) is 28.3 Å². The summed E-state index contributed by atoms with van der Waals surface area (Å²) in [5.74, 6) is 0.677. The third kappa shape index (κ3) is 3.90. The molecule has 1 aromatic heterocycles. The van der Waals surface area contributed by atoms with E-state index in [2.05, 4.69) is 67.1 Å². The number of hydrogen-bond acceptors (Lipinski definition) is 3. The van der Waals surface area contributed by atoms with Crippen LogP contribution < -0.4 is 5.32 Å². The van der Waals surface area contributed by atoms with Gasteiger partial charge in [0.1, 0.15) is 5.01 Å². The summed E-state index contributed by atoms with van der Waals surface area (Å²) in [5, 5.41) is 4.61. The average Bonchev–Trinajstić information content (AvgIpc) is 2.70. The van der Waals surface area contributed by atoms with Crippen LogP contribution >= 0.6 is 27.3 Å². The highest BCUT2D eigenvalue weighted by Gasteiger charge is 2.11. The average molecular weight is 353 g/mol. The molecule has 108 valence electrons. The smallest absolute Gasteiger partial charge is 0.124 e. The molecule has 4 heteroatoms. The summed E-state index contributed by atoms with van der Waals surface area (Å²) in [4.78, 5) is 6.07. The second-order valence-corrected chi connectivity index (χ2v) is 7.51. The fourth-order valence-electron chi connectivity index (χ4n) is 2.05. The molecule has 0 radical (unpaired) electrons. The molecule has 0 bridgehead atoms. The van der Waals surface area contributed by atoms with Crippen molar-refractivity contribution < 1.29 is 0 Å². The van der Waals surface area contributed by atoms with Crippen molar-refractivity contribution >= 4 is 27.3 Å². The molecule has 0 spiro atoms. The number of rotatable bonds is 5. The van der Waals surface area contributed by atoms with Gasteiger partial charge >= 0.3 is 0 Å². The first kappa shape index (κ1) is 15.7. The lowest BCUT2D eigenvalue weighted by atomic mass is 10.1. The van der Waals surface area contributed by atoms with Gasteiger partial charge in [0.05, 0.1) is 5.69 Å². The Morgan fingerprint density at radius 3 is 2.70 bits per heavy atom. The molecule has 0 aliphatic rings. The van der Waals surface area contributed by atoms with E-state index in [1.54, 1.807) is 11.3 Å². The zero-order chi connectivity index (χ0) is 14.7. The van der Waals surface area contributed by atoms with Crippen LogP contribution in [0.15, 0.2) is 22.7 Å². The zero-order valence-electron chi connectivity index (χ0n) is 12.5. The van der Waals surface area contributed by atoms with Gasteiger partial charge in [0.15, 0.2) is 0 Å². The van der Waals surface area contributed by atoms with Crippen molar-refractivity contribution in [2.75, 3.05) is 6.54 Å². The van der Waals surface area contributed by atoms with Gasteiger partial charge in [-0.05, 0) is 44.0 Å². The predicted octanol–water partition coefficient (Wildman–Crippen LogP) is 4.94. The van der Waals surface area contributed by atoms with Gasteiger partial charge in [-0.15, -0.1) is 11.3 Å². The van der Waals surface area contributed by atoms with E-state index in [1.807, 2.05) is 0 Å². The molecule has 0 atom stereocenters. The van der Waals surface area contributed by atoms with Gasteiger partial charge in [0, 0.05) is 21.5 Å². The molecule has 1 N–H and O–H groups in total. The number of nitrogens with zero attached hydrogens (tertiary/aromatic N) is 1. The van der Waals surface area contributed by atoms with Crippen LogP contribution in [0, 0.1) is 19.8 Å². The SMILES string of the molecule is Cc1cc(Br)ccc1-c1nc(C)c(CNCC(C)C)s1. The Morgan fingerprint density at radius 2 is 2.05 bits per heavy atom. The maximum atomic E-state index is 4.73. The summed E-state index contributed by atoms with van der Waals surface area (Å²) in [6, 6.07) is 6.36. The molecular weight excluding hydrogens is 332 g/mol. The summed E-state index contributed by atoms with van der Waals surface area (Å²) >= 11 is 5.30. The Bertz CT molecular complexity index is 590. The minimum absolute atomic E-state index is 0.677. The summed E-state index contributed by atoms with van der Waals surface area (Å²) < 4.78 is 1.12. The van der Waals surface area contributed by atoms with Crippen LogP contribution in [0.2, 0.25) is 0 Å². The number of hydrogen-bond donors (Lipinski definition) is 1. The lowest BCUT2D eigenvalue weighted by molar-refractivity contribution is 0.554. The monoisotopic (exact) mass is 352 g/mol. The molecule has 2 nitrogen and oxygen atoms in total. The molecule has 0 unspecified atom stereocenters. The molecular formula is C16H21BrN2S. The standard InChI is InChI=1S/C16H21BrN2S/c1-10(2)8-18-9-15-12(4)19-16(20-15)14-6-5-13(17)7-11(14)3/h5-7,10,18H,8-9H2,1-4H3. The minimum Gasteiger partial charge on any atom is -0.312 e. The summed E-state index contributed by atoms with van der Waals surface area (Å²) in [6.07, 6.45) is 0. The third-order valence-electron chi connectivity index (χ3n) is 3.15. The van der Waals surface area contributed by atoms with Gasteiger partial charge < -0.3 is 5.32 Å². The van der Waals surface area contributed by atoms with E-state index in [1.165, 1.54) is 16.0 Å². The van der Waals surface area contributed by atoms with Gasteiger partial charge in [-0.3, -0.25) is 0 Å². The molecule has 20 heavy (non-hydrogen) atoms. The number of aryl methyl sites for hydroxylation is 2. The Balaban J connectivity index is 2.18. The van der Waals surface area contributed by atoms with E-state index in [-0.39, 0.29) is 0 Å². The number of thiazole rings is 1.